The average Bonchev–Trinajstić information content (AvgIpc) is 2.76. The van der Waals surface area contributed by atoms with Crippen LogP contribution in [0.1, 0.15) is 35.8 Å². The molecule has 2 N–H and O–H groups in total. The largest absolute Gasteiger partial charge is 0.478 e. The van der Waals surface area contributed by atoms with Gasteiger partial charge < -0.3 is 10.4 Å². The first-order chi connectivity index (χ1) is 7.02. The van der Waals surface area contributed by atoms with E-state index in [0.717, 1.165) is 6.54 Å². The molecule has 0 spiro atoms. The third-order valence-electron chi connectivity index (χ3n) is 2.86. The van der Waals surface area contributed by atoms with Crippen LogP contribution in [0.15, 0.2) is 0 Å². The Bertz CT molecular complexity index is 396. The van der Waals surface area contributed by atoms with Gasteiger partial charge in [0.1, 0.15) is 10.6 Å². The molecule has 4 nitrogen and oxygen atoms in total. The van der Waals surface area contributed by atoms with Crippen LogP contribution in [0.5, 0.6) is 0 Å². The van der Waals surface area contributed by atoms with Crippen molar-refractivity contribution in [1.29, 1.82) is 0 Å². The van der Waals surface area contributed by atoms with Gasteiger partial charge in [0.05, 0.1) is 5.69 Å². The van der Waals surface area contributed by atoms with E-state index in [4.69, 9.17) is 5.11 Å². The third-order valence-corrected chi connectivity index (χ3v) is 3.75. The highest BCUT2D eigenvalue weighted by Gasteiger charge is 2.37. The number of anilines is 1. The molecule has 1 aromatic heterocycles. The Kier molecular flexibility index (Phi) is 2.42. The summed E-state index contributed by atoms with van der Waals surface area (Å²) in [7, 11) is 0. The van der Waals surface area contributed by atoms with Gasteiger partial charge in [-0.15, -0.1) is 0 Å². The summed E-state index contributed by atoms with van der Waals surface area (Å²) in [6.45, 7) is 4.77. The number of aromatic carboxylic acids is 1. The molecule has 1 aromatic rings. The number of carboxylic acids is 1. The molecule has 0 saturated heterocycles. The highest BCUT2D eigenvalue weighted by molar-refractivity contribution is 7.10. The summed E-state index contributed by atoms with van der Waals surface area (Å²) >= 11 is 1.23. The highest BCUT2D eigenvalue weighted by Crippen LogP contribution is 2.45. The number of hydrogen-bond donors (Lipinski definition) is 2. The zero-order chi connectivity index (χ0) is 11.1. The Morgan fingerprint density at radius 2 is 2.33 bits per heavy atom. The summed E-state index contributed by atoms with van der Waals surface area (Å²) in [6, 6.07) is 0. The first kappa shape index (κ1) is 10.4. The van der Waals surface area contributed by atoms with Gasteiger partial charge in [-0.3, -0.25) is 0 Å². The van der Waals surface area contributed by atoms with Crippen molar-refractivity contribution in [3.63, 3.8) is 0 Å². The second-order valence-electron chi connectivity index (χ2n) is 4.44. The van der Waals surface area contributed by atoms with E-state index in [-0.39, 0.29) is 0 Å². The molecule has 0 bridgehead atoms. The van der Waals surface area contributed by atoms with Crippen LogP contribution in [0.25, 0.3) is 0 Å². The summed E-state index contributed by atoms with van der Waals surface area (Å²) < 4.78 is 4.06. The van der Waals surface area contributed by atoms with Crippen molar-refractivity contribution in [2.24, 2.45) is 5.41 Å². The minimum atomic E-state index is -0.898. The second kappa shape index (κ2) is 3.48. The van der Waals surface area contributed by atoms with Crippen molar-refractivity contribution in [3.8, 4) is 0 Å². The van der Waals surface area contributed by atoms with Gasteiger partial charge >= 0.3 is 5.97 Å². The molecular formula is C10H14N2O2S. The van der Waals surface area contributed by atoms with Gasteiger partial charge in [-0.25, -0.2) is 4.79 Å². The summed E-state index contributed by atoms with van der Waals surface area (Å²) in [6.07, 6.45) is 2.44. The monoisotopic (exact) mass is 226 g/mol. The molecule has 0 aromatic carbocycles. The maximum Gasteiger partial charge on any atom is 0.340 e. The van der Waals surface area contributed by atoms with Gasteiger partial charge in [-0.2, -0.15) is 4.37 Å². The van der Waals surface area contributed by atoms with Crippen LogP contribution in [-0.4, -0.2) is 22.0 Å². The molecule has 0 unspecified atom stereocenters. The van der Waals surface area contributed by atoms with Gasteiger partial charge in [0, 0.05) is 6.54 Å². The average molecular weight is 226 g/mol. The van der Waals surface area contributed by atoms with E-state index in [1.165, 1.54) is 24.4 Å². The zero-order valence-corrected chi connectivity index (χ0v) is 9.65. The number of nitrogens with zero attached hydrogens (tertiary/aromatic N) is 1. The standard InChI is InChI=1S/C10H14N2O2S/c1-6-7(9(13)14)8(15-12-6)11-5-10(2)3-4-10/h11H,3-5H2,1-2H3,(H,13,14). The lowest BCUT2D eigenvalue weighted by atomic mass is 10.1. The molecule has 82 valence electrons. The van der Waals surface area contributed by atoms with E-state index in [1.54, 1.807) is 6.92 Å². The lowest BCUT2D eigenvalue weighted by molar-refractivity contribution is 0.0697. The second-order valence-corrected chi connectivity index (χ2v) is 5.21. The molecule has 0 radical (unpaired) electrons. The fraction of sp³-hybridized carbons (Fsp3) is 0.600. The highest BCUT2D eigenvalue weighted by atomic mass is 32.1. The molecule has 1 aliphatic rings. The fourth-order valence-corrected chi connectivity index (χ4v) is 2.21. The molecule has 0 atom stereocenters. The minimum Gasteiger partial charge on any atom is -0.478 e. The van der Waals surface area contributed by atoms with Crippen LogP contribution < -0.4 is 5.32 Å². The Hall–Kier alpha value is -1.10. The van der Waals surface area contributed by atoms with Crippen molar-refractivity contribution < 1.29 is 9.90 Å². The van der Waals surface area contributed by atoms with Crippen LogP contribution in [0.2, 0.25) is 0 Å². The predicted molar refractivity (Wildman–Crippen MR) is 59.6 cm³/mol. The summed E-state index contributed by atoms with van der Waals surface area (Å²) in [4.78, 5) is 11.0. The van der Waals surface area contributed by atoms with Gasteiger partial charge in [0.25, 0.3) is 0 Å². The van der Waals surface area contributed by atoms with Gasteiger partial charge in [0.2, 0.25) is 0 Å². The van der Waals surface area contributed by atoms with Crippen molar-refractivity contribution >= 4 is 22.5 Å². The van der Waals surface area contributed by atoms with Crippen LogP contribution in [0, 0.1) is 12.3 Å². The first-order valence-corrected chi connectivity index (χ1v) is 5.73. The molecule has 1 saturated carbocycles. The van der Waals surface area contributed by atoms with Gasteiger partial charge in [0.15, 0.2) is 0 Å². The fourth-order valence-electron chi connectivity index (χ4n) is 1.43. The summed E-state index contributed by atoms with van der Waals surface area (Å²) in [5, 5.41) is 12.9. The van der Waals surface area contributed by atoms with Crippen molar-refractivity contribution in [2.45, 2.75) is 26.7 Å². The maximum absolute atomic E-state index is 11.0. The van der Waals surface area contributed by atoms with E-state index < -0.39 is 5.97 Å². The molecular weight excluding hydrogens is 212 g/mol. The van der Waals surface area contributed by atoms with Crippen LogP contribution >= 0.6 is 11.5 Å². The Labute approximate surface area is 92.5 Å². The Morgan fingerprint density at radius 3 is 2.87 bits per heavy atom. The SMILES string of the molecule is Cc1nsc(NCC2(C)CC2)c1C(=O)O. The lowest BCUT2D eigenvalue weighted by Crippen LogP contribution is -2.13. The molecule has 1 fully saturated rings. The van der Waals surface area contributed by atoms with Gasteiger partial charge in [-0.05, 0) is 36.7 Å². The summed E-state index contributed by atoms with van der Waals surface area (Å²) in [5.41, 5.74) is 1.29. The molecule has 1 heterocycles. The Balaban J connectivity index is 2.10. The van der Waals surface area contributed by atoms with Crippen LogP contribution in [0.4, 0.5) is 5.00 Å². The van der Waals surface area contributed by atoms with E-state index in [1.807, 2.05) is 0 Å². The minimum absolute atomic E-state index is 0.323. The molecule has 0 aliphatic heterocycles. The van der Waals surface area contributed by atoms with Crippen LogP contribution in [0.3, 0.4) is 0 Å². The topological polar surface area (TPSA) is 62.2 Å². The molecule has 5 heteroatoms. The van der Waals surface area contributed by atoms with Crippen molar-refractivity contribution in [3.05, 3.63) is 11.3 Å². The van der Waals surface area contributed by atoms with E-state index >= 15 is 0 Å². The van der Waals surface area contributed by atoms with E-state index in [0.29, 0.717) is 21.7 Å². The van der Waals surface area contributed by atoms with Crippen molar-refractivity contribution in [1.82, 2.24) is 4.37 Å². The van der Waals surface area contributed by atoms with E-state index in [2.05, 4.69) is 16.6 Å². The number of carbonyl (C=O) groups is 1. The van der Waals surface area contributed by atoms with Gasteiger partial charge in [-0.1, -0.05) is 6.92 Å². The van der Waals surface area contributed by atoms with Crippen molar-refractivity contribution in [2.75, 3.05) is 11.9 Å². The number of hydrogen-bond acceptors (Lipinski definition) is 4. The normalized spacial score (nSPS) is 17.5. The smallest absolute Gasteiger partial charge is 0.340 e. The number of carboxylic acid groups (broad SMARTS) is 1. The molecule has 1 aliphatic carbocycles. The lowest BCUT2D eigenvalue weighted by Gasteiger charge is -2.09. The predicted octanol–water partition coefficient (Wildman–Crippen LogP) is 2.36. The first-order valence-electron chi connectivity index (χ1n) is 4.95. The Morgan fingerprint density at radius 1 is 1.67 bits per heavy atom. The molecule has 2 rings (SSSR count). The molecule has 15 heavy (non-hydrogen) atoms. The number of aromatic nitrogens is 1. The summed E-state index contributed by atoms with van der Waals surface area (Å²) in [5.74, 6) is -0.898. The van der Waals surface area contributed by atoms with Crippen LogP contribution in [-0.2, 0) is 0 Å². The number of rotatable bonds is 4. The number of aryl methyl sites for hydroxylation is 1. The van der Waals surface area contributed by atoms with E-state index in [9.17, 15) is 4.79 Å². The quantitative estimate of drug-likeness (QED) is 0.827. The maximum atomic E-state index is 11.0. The third kappa shape index (κ3) is 2.12. The molecule has 0 amide bonds. The number of nitrogens with one attached hydrogen (secondary N) is 1. The zero-order valence-electron chi connectivity index (χ0n) is 8.83.